The molecule has 11 heavy (non-hydrogen) atoms. The van der Waals surface area contributed by atoms with Gasteiger partial charge >= 0.3 is 0 Å². The molecule has 49 valence electrons. The van der Waals surface area contributed by atoms with Crippen molar-refractivity contribution in [1.82, 2.24) is 0 Å². The van der Waals surface area contributed by atoms with Crippen LogP contribution in [-0.2, 0) is 164 Å². The second-order valence-electron chi connectivity index (χ2n) is 1.37. The van der Waals surface area contributed by atoms with Crippen molar-refractivity contribution >= 4 is 0 Å². The largest absolute Gasteiger partial charge is 0.391 e. The summed E-state index contributed by atoms with van der Waals surface area (Å²) in [4.78, 5) is 0. The molecule has 0 aromatic heterocycles. The van der Waals surface area contributed by atoms with Crippen LogP contribution in [0.5, 0.6) is 0 Å². The minimum absolute atomic E-state index is 0. The van der Waals surface area contributed by atoms with Gasteiger partial charge in [-0.25, -0.2) is 0 Å². The molecule has 5 heteroatoms. The molecule has 0 saturated heterocycles. The molecule has 0 atom stereocenters. The fraction of sp³-hybridized carbons (Fsp3) is 0.333. The summed E-state index contributed by atoms with van der Waals surface area (Å²) in [6, 6.07) is 0. The van der Waals surface area contributed by atoms with Crippen molar-refractivity contribution in [3.8, 4) is 0 Å². The van der Waals surface area contributed by atoms with Crippen molar-refractivity contribution in [3.05, 3.63) is 24.3 Å². The standard InChI is InChI=1S/C6H8.5Y/c1-5(2)6(3)4;;;;;/h1,3H,2,4H3;;;;;/q-2;;;;;. The van der Waals surface area contributed by atoms with E-state index in [2.05, 4.69) is 0 Å². The maximum absolute atomic E-state index is 5.19. The first-order valence-corrected chi connectivity index (χ1v) is 1.83. The summed E-state index contributed by atoms with van der Waals surface area (Å²) in [5.74, 6) is 0. The SMILES string of the molecule is [CH-]=C(C)C(=[CH-])C.[Y].[Y].[Y].[Y].[Y]. The summed E-state index contributed by atoms with van der Waals surface area (Å²) in [6.07, 6.45) is 0. The average molecular weight is 525 g/mol. The van der Waals surface area contributed by atoms with E-state index in [1.165, 1.54) is 0 Å². The predicted octanol–water partition coefficient (Wildman–Crippen LogP) is 1.73. The molecule has 0 saturated carbocycles. The van der Waals surface area contributed by atoms with Crippen molar-refractivity contribution < 1.29 is 164 Å². The van der Waals surface area contributed by atoms with Gasteiger partial charge in [0.1, 0.15) is 0 Å². The fourth-order valence-electron chi connectivity index (χ4n) is 0. The van der Waals surface area contributed by atoms with E-state index in [1.54, 1.807) is 13.8 Å². The zero-order valence-corrected chi connectivity index (χ0v) is 21.2. The maximum Gasteiger partial charge on any atom is 0 e. The van der Waals surface area contributed by atoms with Gasteiger partial charge in [0.25, 0.3) is 0 Å². The van der Waals surface area contributed by atoms with E-state index in [4.69, 9.17) is 13.2 Å². The van der Waals surface area contributed by atoms with Crippen LogP contribution < -0.4 is 0 Å². The molecule has 0 bridgehead atoms. The summed E-state index contributed by atoms with van der Waals surface area (Å²) in [5.41, 5.74) is 1.41. The van der Waals surface area contributed by atoms with Crippen LogP contribution in [0.4, 0.5) is 0 Å². The Morgan fingerprint density at radius 3 is 0.727 bits per heavy atom. The Bertz CT molecular complexity index is 77.0. The van der Waals surface area contributed by atoms with Crippen LogP contribution >= 0.6 is 0 Å². The summed E-state index contributed by atoms with van der Waals surface area (Å²) in [7, 11) is 0. The molecule has 0 aliphatic heterocycles. The van der Waals surface area contributed by atoms with Gasteiger partial charge in [0.05, 0.1) is 0 Å². The van der Waals surface area contributed by atoms with Crippen molar-refractivity contribution in [2.75, 3.05) is 0 Å². The van der Waals surface area contributed by atoms with Crippen molar-refractivity contribution in [2.24, 2.45) is 0 Å². The molecule has 0 rings (SSSR count). The second-order valence-corrected chi connectivity index (χ2v) is 1.37. The molecule has 0 aromatic carbocycles. The predicted molar refractivity (Wildman–Crippen MR) is 27.0 cm³/mol. The third kappa shape index (κ3) is 31.3. The van der Waals surface area contributed by atoms with Crippen LogP contribution in [0.15, 0.2) is 11.1 Å². The zero-order chi connectivity index (χ0) is 5.15. The van der Waals surface area contributed by atoms with Crippen molar-refractivity contribution in [1.29, 1.82) is 0 Å². The number of hydrogen-bond acceptors (Lipinski definition) is 0. The van der Waals surface area contributed by atoms with Gasteiger partial charge in [-0.2, -0.15) is 0 Å². The molecule has 0 nitrogen and oxygen atoms in total. The Kier molecular flexibility index (Phi) is 79.5. The van der Waals surface area contributed by atoms with Crippen LogP contribution in [-0.4, -0.2) is 0 Å². The van der Waals surface area contributed by atoms with Gasteiger partial charge in [0, 0.05) is 164 Å². The topological polar surface area (TPSA) is 0 Å². The van der Waals surface area contributed by atoms with Gasteiger partial charge in [-0.05, 0) is 0 Å². The third-order valence-corrected chi connectivity index (χ3v) is 0.622. The Morgan fingerprint density at radius 1 is 0.636 bits per heavy atom. The summed E-state index contributed by atoms with van der Waals surface area (Å²) < 4.78 is 0. The summed E-state index contributed by atoms with van der Waals surface area (Å²) >= 11 is 0. The minimum atomic E-state index is 0. The first kappa shape index (κ1) is 36.0. The maximum atomic E-state index is 5.19. The molecule has 0 spiro atoms. The number of hydrogen-bond donors (Lipinski definition) is 0. The molecule has 0 fully saturated rings. The minimum Gasteiger partial charge on any atom is -0.391 e. The van der Waals surface area contributed by atoms with E-state index in [9.17, 15) is 0 Å². The molecule has 0 aliphatic rings. The Hall–Kier alpha value is 5.00. The monoisotopic (exact) mass is 525 g/mol. The van der Waals surface area contributed by atoms with Crippen LogP contribution in [0, 0.1) is 13.2 Å². The van der Waals surface area contributed by atoms with Gasteiger partial charge in [-0.3, -0.25) is 0 Å². The average Bonchev–Trinajstić information content (AvgIpc) is 1.36. The smallest absolute Gasteiger partial charge is 0 e. The van der Waals surface area contributed by atoms with Crippen LogP contribution in [0.3, 0.4) is 0 Å². The van der Waals surface area contributed by atoms with Gasteiger partial charge < -0.3 is 24.3 Å². The summed E-state index contributed by atoms with van der Waals surface area (Å²) in [5, 5.41) is 0. The molecule has 0 heterocycles. The van der Waals surface area contributed by atoms with Gasteiger partial charge in [-0.15, -0.1) is 13.8 Å². The second kappa shape index (κ2) is 24.3. The van der Waals surface area contributed by atoms with E-state index in [0.29, 0.717) is 11.1 Å². The number of allylic oxidation sites excluding steroid dienone is 2. The van der Waals surface area contributed by atoms with E-state index >= 15 is 0 Å². The van der Waals surface area contributed by atoms with E-state index in [0.717, 1.165) is 0 Å². The quantitative estimate of drug-likeness (QED) is 0.362. The van der Waals surface area contributed by atoms with Gasteiger partial charge in [-0.1, -0.05) is 0 Å². The molecule has 0 N–H and O–H groups in total. The first-order valence-electron chi connectivity index (χ1n) is 1.83. The molecule has 0 aromatic rings. The fourth-order valence-corrected chi connectivity index (χ4v) is 0. The molecular weight excluding hydrogens is 517 g/mol. The molecule has 0 amide bonds. The van der Waals surface area contributed by atoms with Crippen molar-refractivity contribution in [3.63, 3.8) is 0 Å². The molecule has 0 aliphatic carbocycles. The van der Waals surface area contributed by atoms with Crippen LogP contribution in [0.2, 0.25) is 0 Å². The van der Waals surface area contributed by atoms with Crippen molar-refractivity contribution in [2.45, 2.75) is 13.8 Å². The Morgan fingerprint density at radius 2 is 0.727 bits per heavy atom. The normalized spacial score (nSPS) is 4.18. The molecule has 5 radical (unpaired) electrons. The van der Waals surface area contributed by atoms with Crippen LogP contribution in [0.1, 0.15) is 13.8 Å². The molecule has 0 unspecified atom stereocenters. The summed E-state index contributed by atoms with van der Waals surface area (Å²) in [6.45, 7) is 13.9. The van der Waals surface area contributed by atoms with Gasteiger partial charge in [0.2, 0.25) is 0 Å². The zero-order valence-electron chi connectivity index (χ0n) is 7.04. The number of rotatable bonds is 1. The van der Waals surface area contributed by atoms with Gasteiger partial charge in [0.15, 0.2) is 0 Å². The Labute approximate surface area is 196 Å². The molecular formula is C6H8Y5-2. The first-order chi connectivity index (χ1) is 2.64. The third-order valence-electron chi connectivity index (χ3n) is 0.622. The van der Waals surface area contributed by atoms with E-state index in [-0.39, 0.29) is 164 Å². The van der Waals surface area contributed by atoms with E-state index < -0.39 is 0 Å². The van der Waals surface area contributed by atoms with E-state index in [1.807, 2.05) is 0 Å². The Balaban J connectivity index is -0.0000000125. The van der Waals surface area contributed by atoms with Crippen LogP contribution in [0.25, 0.3) is 0 Å².